The van der Waals surface area contributed by atoms with E-state index in [1.165, 1.54) is 23.9 Å². The summed E-state index contributed by atoms with van der Waals surface area (Å²) in [5, 5.41) is 3.00. The van der Waals surface area contributed by atoms with Crippen LogP contribution in [0, 0.1) is 5.82 Å². The van der Waals surface area contributed by atoms with Crippen LogP contribution in [0.25, 0.3) is 0 Å². The van der Waals surface area contributed by atoms with Gasteiger partial charge in [0.05, 0.1) is 4.91 Å². The molecule has 1 aromatic carbocycles. The molecular formula is C11H10FNOS. The highest BCUT2D eigenvalue weighted by molar-refractivity contribution is 8.04. The molecule has 1 aromatic rings. The quantitative estimate of drug-likeness (QED) is 0.779. The van der Waals surface area contributed by atoms with E-state index < -0.39 is 0 Å². The number of thioether (sulfide) groups is 1. The third-order valence-corrected chi connectivity index (χ3v) is 3.07. The minimum Gasteiger partial charge on any atom is -0.389 e. The average molecular weight is 223 g/mol. The van der Waals surface area contributed by atoms with E-state index in [1.54, 1.807) is 18.3 Å². The van der Waals surface area contributed by atoms with Crippen molar-refractivity contribution in [2.24, 2.45) is 0 Å². The molecule has 0 atom stereocenters. The molecule has 1 aliphatic heterocycles. The number of carbonyl (C=O) groups is 1. The fourth-order valence-electron chi connectivity index (χ4n) is 1.33. The fraction of sp³-hybridized carbons (Fsp3) is 0.182. The number of nitrogens with one attached hydrogen (secondary N) is 1. The van der Waals surface area contributed by atoms with Crippen LogP contribution in [0.2, 0.25) is 0 Å². The van der Waals surface area contributed by atoms with Gasteiger partial charge in [0, 0.05) is 24.1 Å². The van der Waals surface area contributed by atoms with Crippen LogP contribution in [-0.2, 0) is 0 Å². The van der Waals surface area contributed by atoms with Crippen LogP contribution in [0.15, 0.2) is 35.4 Å². The van der Waals surface area contributed by atoms with Crippen LogP contribution in [0.1, 0.15) is 10.4 Å². The Labute approximate surface area is 91.6 Å². The van der Waals surface area contributed by atoms with Gasteiger partial charge in [-0.05, 0) is 12.1 Å². The van der Waals surface area contributed by atoms with Gasteiger partial charge in [0.1, 0.15) is 5.82 Å². The topological polar surface area (TPSA) is 29.1 Å². The van der Waals surface area contributed by atoms with Crippen molar-refractivity contribution in [1.29, 1.82) is 0 Å². The van der Waals surface area contributed by atoms with Crippen LogP contribution >= 0.6 is 11.8 Å². The number of rotatable bonds is 2. The van der Waals surface area contributed by atoms with Gasteiger partial charge in [-0.1, -0.05) is 12.1 Å². The van der Waals surface area contributed by atoms with Gasteiger partial charge in [-0.2, -0.15) is 0 Å². The predicted octanol–water partition coefficient (Wildman–Crippen LogP) is 2.19. The lowest BCUT2D eigenvalue weighted by atomic mass is 10.1. The second-order valence-electron chi connectivity index (χ2n) is 3.15. The maximum atomic E-state index is 12.9. The molecule has 0 bridgehead atoms. The van der Waals surface area contributed by atoms with Crippen molar-refractivity contribution in [2.45, 2.75) is 0 Å². The molecule has 1 heterocycles. The lowest BCUT2D eigenvalue weighted by molar-refractivity contribution is 0.104. The molecule has 2 rings (SSSR count). The molecule has 4 heteroatoms. The Kier molecular flexibility index (Phi) is 3.06. The van der Waals surface area contributed by atoms with E-state index in [9.17, 15) is 9.18 Å². The van der Waals surface area contributed by atoms with Crippen molar-refractivity contribution >= 4 is 17.5 Å². The SMILES string of the molecule is O=C(C1=CNCCS1)c1cccc(F)c1. The summed E-state index contributed by atoms with van der Waals surface area (Å²) in [7, 11) is 0. The van der Waals surface area contributed by atoms with Crippen LogP contribution in [0.4, 0.5) is 4.39 Å². The number of hydrogen-bond acceptors (Lipinski definition) is 3. The van der Waals surface area contributed by atoms with Crippen LogP contribution < -0.4 is 5.32 Å². The molecule has 15 heavy (non-hydrogen) atoms. The first kappa shape index (κ1) is 10.2. The van der Waals surface area contributed by atoms with E-state index >= 15 is 0 Å². The molecule has 2 nitrogen and oxygen atoms in total. The molecule has 0 aliphatic carbocycles. The smallest absolute Gasteiger partial charge is 0.200 e. The van der Waals surface area contributed by atoms with Crippen molar-refractivity contribution in [3.63, 3.8) is 0 Å². The zero-order valence-corrected chi connectivity index (χ0v) is 8.81. The number of carbonyl (C=O) groups excluding carboxylic acids is 1. The minimum atomic E-state index is -0.379. The summed E-state index contributed by atoms with van der Waals surface area (Å²) in [6.07, 6.45) is 1.70. The largest absolute Gasteiger partial charge is 0.389 e. The zero-order valence-electron chi connectivity index (χ0n) is 8.00. The van der Waals surface area contributed by atoms with Crippen molar-refractivity contribution in [1.82, 2.24) is 5.32 Å². The molecule has 0 amide bonds. The normalized spacial score (nSPS) is 15.4. The Hall–Kier alpha value is -1.29. The van der Waals surface area contributed by atoms with E-state index in [1.807, 2.05) is 0 Å². The molecule has 1 N–H and O–H groups in total. The Morgan fingerprint density at radius 3 is 3.00 bits per heavy atom. The maximum Gasteiger partial charge on any atom is 0.200 e. The Morgan fingerprint density at radius 2 is 2.33 bits per heavy atom. The Morgan fingerprint density at radius 1 is 1.47 bits per heavy atom. The van der Waals surface area contributed by atoms with E-state index in [2.05, 4.69) is 5.32 Å². The number of halogens is 1. The average Bonchev–Trinajstić information content (AvgIpc) is 2.29. The number of benzene rings is 1. The molecule has 78 valence electrons. The molecule has 0 fully saturated rings. The summed E-state index contributed by atoms with van der Waals surface area (Å²) in [4.78, 5) is 12.5. The van der Waals surface area contributed by atoms with Gasteiger partial charge >= 0.3 is 0 Å². The van der Waals surface area contributed by atoms with Crippen molar-refractivity contribution in [3.05, 3.63) is 46.8 Å². The lowest BCUT2D eigenvalue weighted by Crippen LogP contribution is -2.18. The molecule has 1 aliphatic rings. The van der Waals surface area contributed by atoms with Gasteiger partial charge < -0.3 is 5.32 Å². The van der Waals surface area contributed by atoms with Crippen LogP contribution in [-0.4, -0.2) is 18.1 Å². The molecule has 0 unspecified atom stereocenters. The van der Waals surface area contributed by atoms with Gasteiger partial charge in [0.25, 0.3) is 0 Å². The standard InChI is InChI=1S/C11H10FNOS/c12-9-3-1-2-8(6-9)11(14)10-7-13-4-5-15-10/h1-3,6-7,13H,4-5H2. The fourth-order valence-corrected chi connectivity index (χ4v) is 2.18. The first-order chi connectivity index (χ1) is 7.27. The van der Waals surface area contributed by atoms with Crippen molar-refractivity contribution in [2.75, 3.05) is 12.3 Å². The van der Waals surface area contributed by atoms with Crippen LogP contribution in [0.5, 0.6) is 0 Å². The summed E-state index contributed by atoms with van der Waals surface area (Å²) < 4.78 is 12.9. The molecule has 0 radical (unpaired) electrons. The minimum absolute atomic E-state index is 0.119. The summed E-state index contributed by atoms with van der Waals surface area (Å²) >= 11 is 1.50. The summed E-state index contributed by atoms with van der Waals surface area (Å²) in [6.45, 7) is 0.866. The van der Waals surface area contributed by atoms with Gasteiger partial charge in [-0.3, -0.25) is 4.79 Å². The van der Waals surface area contributed by atoms with E-state index in [0.29, 0.717) is 10.5 Å². The van der Waals surface area contributed by atoms with E-state index in [4.69, 9.17) is 0 Å². The van der Waals surface area contributed by atoms with Crippen molar-refractivity contribution < 1.29 is 9.18 Å². The van der Waals surface area contributed by atoms with Gasteiger partial charge in [-0.25, -0.2) is 4.39 Å². The zero-order chi connectivity index (χ0) is 10.7. The molecule has 0 saturated heterocycles. The predicted molar refractivity (Wildman–Crippen MR) is 59.3 cm³/mol. The Balaban J connectivity index is 2.24. The van der Waals surface area contributed by atoms with E-state index in [0.717, 1.165) is 12.3 Å². The molecule has 0 saturated carbocycles. The highest BCUT2D eigenvalue weighted by Crippen LogP contribution is 2.22. The second-order valence-corrected chi connectivity index (χ2v) is 4.29. The van der Waals surface area contributed by atoms with Gasteiger partial charge in [0.15, 0.2) is 0 Å². The van der Waals surface area contributed by atoms with Gasteiger partial charge in [-0.15, -0.1) is 11.8 Å². The Bertz CT molecular complexity index is 417. The third kappa shape index (κ3) is 2.39. The summed E-state index contributed by atoms with van der Waals surface area (Å²) in [6, 6.07) is 5.77. The molecule has 0 spiro atoms. The van der Waals surface area contributed by atoms with Crippen LogP contribution in [0.3, 0.4) is 0 Å². The third-order valence-electron chi connectivity index (χ3n) is 2.05. The second kappa shape index (κ2) is 4.49. The molecular weight excluding hydrogens is 213 g/mol. The first-order valence-electron chi connectivity index (χ1n) is 4.64. The number of hydrogen-bond donors (Lipinski definition) is 1. The number of Topliss-reactive ketones (excluding diaryl/α,β-unsaturated/α-hetero) is 1. The summed E-state index contributed by atoms with van der Waals surface area (Å²) in [5.74, 6) is 0.370. The van der Waals surface area contributed by atoms with Gasteiger partial charge in [0.2, 0.25) is 5.78 Å². The lowest BCUT2D eigenvalue weighted by Gasteiger charge is -2.12. The highest BCUT2D eigenvalue weighted by Gasteiger charge is 2.15. The number of allylic oxidation sites excluding steroid dienone is 1. The maximum absolute atomic E-state index is 12.9. The first-order valence-corrected chi connectivity index (χ1v) is 5.62. The highest BCUT2D eigenvalue weighted by atomic mass is 32.2. The summed E-state index contributed by atoms with van der Waals surface area (Å²) in [5.41, 5.74) is 0.400. The van der Waals surface area contributed by atoms with Crippen molar-refractivity contribution in [3.8, 4) is 0 Å². The monoisotopic (exact) mass is 223 g/mol. The number of ketones is 1. The van der Waals surface area contributed by atoms with E-state index in [-0.39, 0.29) is 11.6 Å². The molecule has 0 aromatic heterocycles.